The van der Waals surface area contributed by atoms with Crippen molar-refractivity contribution in [1.82, 2.24) is 25.8 Å². The van der Waals surface area contributed by atoms with E-state index in [1.165, 1.54) is 6.20 Å². The van der Waals surface area contributed by atoms with E-state index in [1.54, 1.807) is 30.5 Å². The highest BCUT2D eigenvalue weighted by Crippen LogP contribution is 2.32. The van der Waals surface area contributed by atoms with Gasteiger partial charge in [0.15, 0.2) is 5.69 Å². The van der Waals surface area contributed by atoms with E-state index in [0.29, 0.717) is 18.0 Å². The maximum atomic E-state index is 12.7. The maximum absolute atomic E-state index is 12.7. The number of pyridine rings is 1. The molecule has 1 fully saturated rings. The highest BCUT2D eigenvalue weighted by Gasteiger charge is 2.32. The molecule has 27 heavy (non-hydrogen) atoms. The van der Waals surface area contributed by atoms with Crippen molar-refractivity contribution in [1.29, 1.82) is 0 Å². The third-order valence-electron chi connectivity index (χ3n) is 4.66. The van der Waals surface area contributed by atoms with Crippen LogP contribution in [0, 0.1) is 5.92 Å². The third kappa shape index (κ3) is 4.08. The van der Waals surface area contributed by atoms with Crippen molar-refractivity contribution in [2.45, 2.75) is 18.9 Å². The van der Waals surface area contributed by atoms with Gasteiger partial charge in [0.1, 0.15) is 0 Å². The van der Waals surface area contributed by atoms with E-state index in [0.717, 1.165) is 23.7 Å². The molecule has 2 heterocycles. The Morgan fingerprint density at radius 1 is 1.07 bits per heavy atom. The number of nitrogens with one attached hydrogen (secondary N) is 2. The predicted octanol–water partition coefficient (Wildman–Crippen LogP) is 1.96. The Hall–Kier alpha value is -3.35. The molecule has 7 nitrogen and oxygen atoms in total. The fraction of sp³-hybridized carbons (Fsp3) is 0.250. The summed E-state index contributed by atoms with van der Waals surface area (Å²) in [6.07, 6.45) is 5.32. The second kappa shape index (κ2) is 7.49. The molecule has 2 amide bonds. The van der Waals surface area contributed by atoms with Crippen molar-refractivity contribution < 1.29 is 9.59 Å². The lowest BCUT2D eigenvalue weighted by molar-refractivity contribution is 0.0901. The number of fused-ring (bicyclic) bond motifs is 1. The van der Waals surface area contributed by atoms with Crippen LogP contribution < -0.4 is 10.6 Å². The molecule has 136 valence electrons. The molecular formula is C20H19N5O2. The summed E-state index contributed by atoms with van der Waals surface area (Å²) >= 11 is 0. The lowest BCUT2D eigenvalue weighted by atomic mass is 10.1. The second-order valence-corrected chi connectivity index (χ2v) is 6.65. The van der Waals surface area contributed by atoms with Gasteiger partial charge in [0.2, 0.25) is 0 Å². The molecule has 0 bridgehead atoms. The van der Waals surface area contributed by atoms with Crippen molar-refractivity contribution in [3.05, 3.63) is 66.1 Å². The second-order valence-electron chi connectivity index (χ2n) is 6.65. The molecule has 1 aromatic carbocycles. The fourth-order valence-corrected chi connectivity index (χ4v) is 3.01. The molecule has 2 aromatic heterocycles. The molecule has 2 N–H and O–H groups in total. The molecule has 7 heteroatoms. The van der Waals surface area contributed by atoms with Gasteiger partial charge in [-0.1, -0.05) is 12.1 Å². The predicted molar refractivity (Wildman–Crippen MR) is 100 cm³/mol. The average molecular weight is 361 g/mol. The zero-order valence-corrected chi connectivity index (χ0v) is 14.6. The molecule has 1 unspecified atom stereocenters. The Bertz CT molecular complexity index is 972. The highest BCUT2D eigenvalue weighted by atomic mass is 16.2. The minimum atomic E-state index is -0.294. The number of aromatic nitrogens is 3. The van der Waals surface area contributed by atoms with E-state index in [-0.39, 0.29) is 23.6 Å². The lowest BCUT2D eigenvalue weighted by Gasteiger charge is -2.19. The maximum Gasteiger partial charge on any atom is 0.271 e. The van der Waals surface area contributed by atoms with Crippen molar-refractivity contribution in [2.24, 2.45) is 5.92 Å². The SMILES string of the molecule is O=C(NC(CNC(=O)c1cccnn1)C1CC1)c1ccc2cccnc2c1. The smallest absolute Gasteiger partial charge is 0.271 e. The van der Waals surface area contributed by atoms with Crippen LogP contribution in [0.5, 0.6) is 0 Å². The molecule has 1 aliphatic rings. The van der Waals surface area contributed by atoms with Crippen molar-refractivity contribution in [3.63, 3.8) is 0 Å². The normalized spacial score (nSPS) is 14.5. The van der Waals surface area contributed by atoms with Crippen LogP contribution in [-0.4, -0.2) is 39.6 Å². The Morgan fingerprint density at radius 3 is 2.70 bits per heavy atom. The van der Waals surface area contributed by atoms with Gasteiger partial charge in [0.25, 0.3) is 11.8 Å². The van der Waals surface area contributed by atoms with Gasteiger partial charge in [0.05, 0.1) is 5.52 Å². The summed E-state index contributed by atoms with van der Waals surface area (Å²) in [5, 5.41) is 14.4. The molecule has 1 saturated carbocycles. The summed E-state index contributed by atoms with van der Waals surface area (Å²) in [5.41, 5.74) is 1.61. The molecule has 0 spiro atoms. The third-order valence-corrected chi connectivity index (χ3v) is 4.66. The molecular weight excluding hydrogens is 342 g/mol. The minimum absolute atomic E-state index is 0.113. The summed E-state index contributed by atoms with van der Waals surface area (Å²) in [6, 6.07) is 12.4. The van der Waals surface area contributed by atoms with E-state index in [9.17, 15) is 9.59 Å². The van der Waals surface area contributed by atoms with E-state index in [2.05, 4.69) is 25.8 Å². The van der Waals surface area contributed by atoms with E-state index in [1.807, 2.05) is 18.2 Å². The molecule has 0 saturated heterocycles. The van der Waals surface area contributed by atoms with Gasteiger partial charge in [-0.3, -0.25) is 14.6 Å². The Balaban J connectivity index is 1.41. The number of carbonyl (C=O) groups is 2. The number of nitrogens with zero attached hydrogens (tertiary/aromatic N) is 3. The molecule has 1 atom stereocenters. The summed E-state index contributed by atoms with van der Waals surface area (Å²) < 4.78 is 0. The van der Waals surface area contributed by atoms with Gasteiger partial charge in [-0.25, -0.2) is 0 Å². The highest BCUT2D eigenvalue weighted by molar-refractivity contribution is 5.98. The summed E-state index contributed by atoms with van der Waals surface area (Å²) in [6.45, 7) is 0.359. The van der Waals surface area contributed by atoms with Crippen LogP contribution in [0.15, 0.2) is 54.9 Å². The Kier molecular flexibility index (Phi) is 4.74. The average Bonchev–Trinajstić information content (AvgIpc) is 3.56. The lowest BCUT2D eigenvalue weighted by Crippen LogP contribution is -2.45. The molecule has 4 rings (SSSR count). The van der Waals surface area contributed by atoms with Crippen LogP contribution in [0.4, 0.5) is 0 Å². The molecule has 0 radical (unpaired) electrons. The van der Waals surface area contributed by atoms with Crippen LogP contribution in [0.2, 0.25) is 0 Å². The van der Waals surface area contributed by atoms with Crippen molar-refractivity contribution >= 4 is 22.7 Å². The standard InChI is InChI=1S/C20H19N5O2/c26-19(15-8-7-13-3-1-9-21-17(13)11-15)24-18(14-5-6-14)12-22-20(27)16-4-2-10-23-25-16/h1-4,7-11,14,18H,5-6,12H2,(H,22,27)(H,24,26). The molecule has 0 aliphatic heterocycles. The molecule has 1 aliphatic carbocycles. The van der Waals surface area contributed by atoms with Gasteiger partial charge >= 0.3 is 0 Å². The first kappa shape index (κ1) is 17.1. The Morgan fingerprint density at radius 2 is 1.93 bits per heavy atom. The topological polar surface area (TPSA) is 96.9 Å². The quantitative estimate of drug-likeness (QED) is 0.700. The number of hydrogen-bond acceptors (Lipinski definition) is 5. The first-order valence-electron chi connectivity index (χ1n) is 8.92. The van der Waals surface area contributed by atoms with Crippen LogP contribution >= 0.6 is 0 Å². The number of carbonyl (C=O) groups excluding carboxylic acids is 2. The largest absolute Gasteiger partial charge is 0.349 e. The van der Waals surface area contributed by atoms with E-state index < -0.39 is 0 Å². The zero-order chi connectivity index (χ0) is 18.6. The van der Waals surface area contributed by atoms with Gasteiger partial charge in [-0.2, -0.15) is 5.10 Å². The number of benzene rings is 1. The van der Waals surface area contributed by atoms with Gasteiger partial charge in [-0.15, -0.1) is 5.10 Å². The van der Waals surface area contributed by atoms with Crippen LogP contribution in [-0.2, 0) is 0 Å². The number of hydrogen-bond donors (Lipinski definition) is 2. The van der Waals surface area contributed by atoms with Gasteiger partial charge in [0, 0.05) is 35.9 Å². The monoisotopic (exact) mass is 361 g/mol. The zero-order valence-electron chi connectivity index (χ0n) is 14.6. The minimum Gasteiger partial charge on any atom is -0.349 e. The van der Waals surface area contributed by atoms with Crippen LogP contribution in [0.1, 0.15) is 33.7 Å². The van der Waals surface area contributed by atoms with Gasteiger partial charge in [-0.05, 0) is 49.1 Å². The first-order chi connectivity index (χ1) is 13.2. The van der Waals surface area contributed by atoms with E-state index >= 15 is 0 Å². The Labute approximate surface area is 156 Å². The summed E-state index contributed by atoms with van der Waals surface area (Å²) in [7, 11) is 0. The summed E-state index contributed by atoms with van der Waals surface area (Å²) in [5.74, 6) is -0.0687. The first-order valence-corrected chi connectivity index (χ1v) is 8.92. The van der Waals surface area contributed by atoms with Crippen molar-refractivity contribution in [3.8, 4) is 0 Å². The fourth-order valence-electron chi connectivity index (χ4n) is 3.01. The number of rotatable bonds is 6. The van der Waals surface area contributed by atoms with E-state index in [4.69, 9.17) is 0 Å². The van der Waals surface area contributed by atoms with Gasteiger partial charge < -0.3 is 10.6 Å². The summed E-state index contributed by atoms with van der Waals surface area (Å²) in [4.78, 5) is 29.1. The number of amides is 2. The van der Waals surface area contributed by atoms with Crippen LogP contribution in [0.3, 0.4) is 0 Å². The molecule has 3 aromatic rings. The van der Waals surface area contributed by atoms with Crippen LogP contribution in [0.25, 0.3) is 10.9 Å². The van der Waals surface area contributed by atoms with Crippen molar-refractivity contribution in [2.75, 3.05) is 6.54 Å².